The highest BCUT2D eigenvalue weighted by atomic mass is 16.3. The summed E-state index contributed by atoms with van der Waals surface area (Å²) in [7, 11) is 0. The van der Waals surface area contributed by atoms with E-state index in [4.69, 9.17) is 0 Å². The Labute approximate surface area is 111 Å². The number of aromatic nitrogens is 2. The number of nitrogens with zero attached hydrogens (tertiary/aromatic N) is 3. The second kappa shape index (κ2) is 5.27. The molecule has 0 amide bonds. The van der Waals surface area contributed by atoms with Gasteiger partial charge < -0.3 is 5.43 Å². The van der Waals surface area contributed by atoms with Gasteiger partial charge in [0.2, 0.25) is 0 Å². The number of hydrogen-bond acceptors (Lipinski definition) is 2. The molecule has 94 valence electrons. The number of hydrogen-bond donors (Lipinski definition) is 1. The third-order valence-electron chi connectivity index (χ3n) is 2.78. The van der Waals surface area contributed by atoms with E-state index < -0.39 is 0 Å². The Balaban J connectivity index is 1.70. The van der Waals surface area contributed by atoms with Crippen LogP contribution in [0.4, 0.5) is 0 Å². The lowest BCUT2D eigenvalue weighted by atomic mass is 10.2. The minimum Gasteiger partial charge on any atom is -0.302 e. The van der Waals surface area contributed by atoms with Crippen molar-refractivity contribution in [1.82, 2.24) is 9.35 Å². The molecule has 2 aromatic rings. The van der Waals surface area contributed by atoms with E-state index in [1.165, 1.54) is 0 Å². The molecule has 1 aliphatic rings. The lowest BCUT2D eigenvalue weighted by Gasteiger charge is -2.04. The van der Waals surface area contributed by atoms with Gasteiger partial charge in [0.15, 0.2) is 0 Å². The van der Waals surface area contributed by atoms with Crippen LogP contribution >= 0.6 is 0 Å². The van der Waals surface area contributed by atoms with Crippen LogP contribution in [0.15, 0.2) is 89.7 Å². The average Bonchev–Trinajstić information content (AvgIpc) is 3.16. The van der Waals surface area contributed by atoms with Crippen molar-refractivity contribution in [3.63, 3.8) is 0 Å². The summed E-state index contributed by atoms with van der Waals surface area (Å²) < 4.78 is 3.66. The summed E-state index contributed by atoms with van der Waals surface area (Å²) in [5.74, 6) is 0. The Morgan fingerprint density at radius 1 is 1.00 bits per heavy atom. The Kier molecular flexibility index (Phi) is 3.14. The van der Waals surface area contributed by atoms with E-state index in [0.29, 0.717) is 0 Å². The largest absolute Gasteiger partial charge is 0.302 e. The summed E-state index contributed by atoms with van der Waals surface area (Å²) in [6.07, 6.45) is 17.6. The summed E-state index contributed by atoms with van der Waals surface area (Å²) in [6.45, 7) is 0. The van der Waals surface area contributed by atoms with Crippen LogP contribution in [0.25, 0.3) is 0 Å². The first-order valence-electron chi connectivity index (χ1n) is 6.07. The zero-order chi connectivity index (χ0) is 12.9. The third kappa shape index (κ3) is 2.74. The van der Waals surface area contributed by atoms with Crippen molar-refractivity contribution < 1.29 is 0 Å². The van der Waals surface area contributed by atoms with E-state index in [-0.39, 0.29) is 0 Å². The van der Waals surface area contributed by atoms with Crippen LogP contribution in [0, 0.1) is 0 Å². The van der Waals surface area contributed by atoms with Gasteiger partial charge in [-0.25, -0.2) is 4.68 Å². The van der Waals surface area contributed by atoms with Gasteiger partial charge in [-0.1, -0.05) is 18.2 Å². The van der Waals surface area contributed by atoms with Crippen molar-refractivity contribution in [3.8, 4) is 0 Å². The van der Waals surface area contributed by atoms with Gasteiger partial charge in [0.25, 0.3) is 0 Å². The van der Waals surface area contributed by atoms with Gasteiger partial charge in [-0.05, 0) is 24.3 Å². The van der Waals surface area contributed by atoms with Gasteiger partial charge >= 0.3 is 0 Å². The van der Waals surface area contributed by atoms with Crippen LogP contribution in [-0.2, 0) is 0 Å². The molecule has 0 fully saturated rings. The molecule has 0 unspecified atom stereocenters. The molecular formula is C15H14N4. The minimum absolute atomic E-state index is 1.08. The lowest BCUT2D eigenvalue weighted by molar-refractivity contribution is 0.894. The summed E-state index contributed by atoms with van der Waals surface area (Å²) in [4.78, 5) is 0. The van der Waals surface area contributed by atoms with Gasteiger partial charge in [0.05, 0.1) is 6.21 Å². The van der Waals surface area contributed by atoms with Crippen molar-refractivity contribution in [3.05, 3.63) is 84.6 Å². The van der Waals surface area contributed by atoms with E-state index in [1.807, 2.05) is 84.4 Å². The second-order valence-corrected chi connectivity index (χ2v) is 4.11. The van der Waals surface area contributed by atoms with E-state index in [0.717, 1.165) is 11.1 Å². The smallest absolute Gasteiger partial charge is 0.0557 e. The highest BCUT2D eigenvalue weighted by Gasteiger charge is 2.03. The quantitative estimate of drug-likeness (QED) is 0.660. The van der Waals surface area contributed by atoms with Crippen molar-refractivity contribution in [2.75, 3.05) is 5.43 Å². The molecule has 0 saturated carbocycles. The van der Waals surface area contributed by atoms with Gasteiger partial charge in [-0.15, -0.1) is 0 Å². The highest BCUT2D eigenvalue weighted by Crippen LogP contribution is 2.15. The van der Waals surface area contributed by atoms with Crippen molar-refractivity contribution in [2.24, 2.45) is 5.10 Å². The first-order valence-corrected chi connectivity index (χ1v) is 6.07. The fourth-order valence-corrected chi connectivity index (χ4v) is 1.79. The van der Waals surface area contributed by atoms with Gasteiger partial charge in [0.1, 0.15) is 0 Å². The fourth-order valence-electron chi connectivity index (χ4n) is 1.79. The van der Waals surface area contributed by atoms with Crippen LogP contribution in [-0.4, -0.2) is 15.6 Å². The van der Waals surface area contributed by atoms with E-state index in [2.05, 4.69) is 10.5 Å². The maximum Gasteiger partial charge on any atom is 0.0557 e. The van der Waals surface area contributed by atoms with Gasteiger partial charge in [0, 0.05) is 42.1 Å². The maximum atomic E-state index is 4.35. The predicted octanol–water partition coefficient (Wildman–Crippen LogP) is 2.75. The zero-order valence-electron chi connectivity index (χ0n) is 10.3. The first-order chi connectivity index (χ1) is 9.42. The van der Waals surface area contributed by atoms with Crippen molar-refractivity contribution in [1.29, 1.82) is 0 Å². The van der Waals surface area contributed by atoms with Crippen molar-refractivity contribution >= 4 is 6.21 Å². The minimum atomic E-state index is 1.08. The van der Waals surface area contributed by atoms with Gasteiger partial charge in [-0.2, -0.15) is 5.10 Å². The molecule has 1 aliphatic carbocycles. The molecule has 0 aliphatic heterocycles. The Hall–Kier alpha value is -2.75. The molecule has 19 heavy (non-hydrogen) atoms. The third-order valence-corrected chi connectivity index (χ3v) is 2.78. The molecule has 0 saturated heterocycles. The number of allylic oxidation sites excluding steroid dienone is 5. The Morgan fingerprint density at radius 3 is 2.53 bits per heavy atom. The van der Waals surface area contributed by atoms with Crippen molar-refractivity contribution in [2.45, 2.75) is 0 Å². The maximum absolute atomic E-state index is 4.35. The number of nitrogens with one attached hydrogen (secondary N) is 1. The van der Waals surface area contributed by atoms with E-state index >= 15 is 0 Å². The molecule has 2 aromatic heterocycles. The average molecular weight is 254 g/mol. The van der Waals surface area contributed by atoms with Gasteiger partial charge in [-0.3, -0.25) is 4.68 Å². The topological polar surface area (TPSA) is 34.2 Å². The normalized spacial score (nSPS) is 16.4. The molecule has 4 nitrogen and oxygen atoms in total. The van der Waals surface area contributed by atoms with E-state index in [9.17, 15) is 0 Å². The molecule has 2 heterocycles. The monoisotopic (exact) mass is 254 g/mol. The predicted molar refractivity (Wildman–Crippen MR) is 77.4 cm³/mol. The molecule has 4 heteroatoms. The van der Waals surface area contributed by atoms with Crippen LogP contribution in [0.5, 0.6) is 0 Å². The van der Waals surface area contributed by atoms with Crippen LogP contribution in [0.2, 0.25) is 0 Å². The lowest BCUT2D eigenvalue weighted by Crippen LogP contribution is -2.05. The van der Waals surface area contributed by atoms with Crippen LogP contribution in [0.1, 0.15) is 0 Å². The summed E-state index contributed by atoms with van der Waals surface area (Å²) in [5, 5.41) is 4.35. The molecule has 1 N–H and O–H groups in total. The Morgan fingerprint density at radius 2 is 1.74 bits per heavy atom. The molecule has 0 aromatic carbocycles. The second-order valence-electron chi connectivity index (χ2n) is 4.11. The van der Waals surface area contributed by atoms with E-state index in [1.54, 1.807) is 4.68 Å². The summed E-state index contributed by atoms with van der Waals surface area (Å²) in [5.41, 5.74) is 5.36. The Bertz CT molecular complexity index is 640. The molecular weight excluding hydrogens is 240 g/mol. The van der Waals surface area contributed by atoms with Crippen LogP contribution < -0.4 is 5.43 Å². The van der Waals surface area contributed by atoms with Crippen LogP contribution in [0.3, 0.4) is 0 Å². The molecule has 0 radical (unpaired) electrons. The molecule has 0 bridgehead atoms. The number of rotatable bonds is 4. The zero-order valence-corrected chi connectivity index (χ0v) is 10.3. The summed E-state index contributed by atoms with van der Waals surface area (Å²) in [6, 6.07) is 7.84. The fraction of sp³-hybridized carbons (Fsp3) is 0. The molecule has 0 atom stereocenters. The summed E-state index contributed by atoms with van der Waals surface area (Å²) >= 11 is 0. The molecule has 0 spiro atoms. The highest BCUT2D eigenvalue weighted by molar-refractivity contribution is 5.88. The molecule has 3 rings (SSSR count). The first kappa shape index (κ1) is 11.3. The standard InChI is InChI=1S/C15H14N4/c1-2-9-18(8-1)16-12-14-6-5-7-15(14)13-17-19-10-3-4-11-19/h1-13,16H/b14-12-,17-13+/i16+1,17+1,18+1,19+1. The SMILES string of the molecule is C1=C/C(=C/[15NH][15n]2cccc2)C(/C=[15N]/[15n]2cccc2)=C1.